The maximum Gasteiger partial charge on any atom is 0.248 e. The Morgan fingerprint density at radius 2 is 1.63 bits per heavy atom. The van der Waals surface area contributed by atoms with Gasteiger partial charge in [-0.3, -0.25) is 13.9 Å². The van der Waals surface area contributed by atoms with Gasteiger partial charge in [-0.05, 0) is 55.5 Å². The number of rotatable bonds is 7. The van der Waals surface area contributed by atoms with Crippen molar-refractivity contribution >= 4 is 33.2 Å². The number of carbonyl (C=O) groups excluding carboxylic acids is 2. The minimum Gasteiger partial charge on any atom is -0.497 e. The number of carbonyl (C=O) groups is 2. The normalized spacial score (nSPS) is 12.1. The lowest BCUT2D eigenvalue weighted by atomic mass is 10.2. The monoisotopic (exact) mass is 391 g/mol. The molecule has 27 heavy (non-hydrogen) atoms. The van der Waals surface area contributed by atoms with Crippen LogP contribution in [0, 0.1) is 0 Å². The van der Waals surface area contributed by atoms with Crippen LogP contribution in [0.2, 0.25) is 0 Å². The van der Waals surface area contributed by atoms with Gasteiger partial charge in [0.1, 0.15) is 11.8 Å². The van der Waals surface area contributed by atoms with Crippen LogP contribution in [0.5, 0.6) is 5.75 Å². The second-order valence-electron chi connectivity index (χ2n) is 5.86. The van der Waals surface area contributed by atoms with E-state index in [0.29, 0.717) is 22.7 Å². The summed E-state index contributed by atoms with van der Waals surface area (Å²) in [6, 6.07) is 11.3. The van der Waals surface area contributed by atoms with Gasteiger partial charge in [-0.1, -0.05) is 0 Å². The van der Waals surface area contributed by atoms with Crippen LogP contribution in [-0.4, -0.2) is 39.6 Å². The summed E-state index contributed by atoms with van der Waals surface area (Å²) in [7, 11) is -2.22. The number of ether oxygens (including phenoxy) is 1. The maximum absolute atomic E-state index is 12.6. The molecule has 2 amide bonds. The summed E-state index contributed by atoms with van der Waals surface area (Å²) >= 11 is 0. The van der Waals surface area contributed by atoms with Crippen molar-refractivity contribution in [2.75, 3.05) is 23.0 Å². The van der Waals surface area contributed by atoms with Crippen molar-refractivity contribution in [1.29, 1.82) is 0 Å². The molecule has 0 fully saturated rings. The first-order valence-electron chi connectivity index (χ1n) is 7.97. The van der Waals surface area contributed by atoms with Crippen LogP contribution in [0.15, 0.2) is 48.5 Å². The summed E-state index contributed by atoms with van der Waals surface area (Å²) in [6.07, 6.45) is 1.03. The second kappa shape index (κ2) is 8.09. The van der Waals surface area contributed by atoms with E-state index >= 15 is 0 Å². The Morgan fingerprint density at radius 1 is 1.07 bits per heavy atom. The van der Waals surface area contributed by atoms with Crippen molar-refractivity contribution in [3.63, 3.8) is 0 Å². The average Bonchev–Trinajstić information content (AvgIpc) is 2.61. The second-order valence-corrected chi connectivity index (χ2v) is 7.72. The van der Waals surface area contributed by atoms with E-state index in [1.807, 2.05) is 0 Å². The van der Waals surface area contributed by atoms with Gasteiger partial charge < -0.3 is 15.8 Å². The van der Waals surface area contributed by atoms with Gasteiger partial charge in [0.25, 0.3) is 0 Å². The van der Waals surface area contributed by atoms with Gasteiger partial charge in [-0.2, -0.15) is 0 Å². The summed E-state index contributed by atoms with van der Waals surface area (Å²) in [5.41, 5.74) is 6.23. The largest absolute Gasteiger partial charge is 0.497 e. The molecule has 1 atom stereocenters. The lowest BCUT2D eigenvalue weighted by molar-refractivity contribution is -0.116. The number of amides is 2. The number of nitrogens with one attached hydrogen (secondary N) is 1. The minimum atomic E-state index is -3.72. The molecule has 9 heteroatoms. The zero-order valence-electron chi connectivity index (χ0n) is 15.2. The maximum atomic E-state index is 12.6. The quantitative estimate of drug-likeness (QED) is 0.743. The summed E-state index contributed by atoms with van der Waals surface area (Å²) in [6.45, 7) is 1.48. The van der Waals surface area contributed by atoms with Crippen molar-refractivity contribution in [2.24, 2.45) is 5.73 Å². The summed E-state index contributed by atoms with van der Waals surface area (Å²) < 4.78 is 30.6. The number of nitrogens with zero attached hydrogens (tertiary/aromatic N) is 1. The molecule has 0 saturated heterocycles. The number of hydrogen-bond acceptors (Lipinski definition) is 5. The van der Waals surface area contributed by atoms with Gasteiger partial charge in [0.2, 0.25) is 21.8 Å². The van der Waals surface area contributed by atoms with Gasteiger partial charge >= 0.3 is 0 Å². The number of sulfonamides is 1. The van der Waals surface area contributed by atoms with Crippen molar-refractivity contribution < 1.29 is 22.7 Å². The van der Waals surface area contributed by atoms with Crippen molar-refractivity contribution in [3.05, 3.63) is 54.1 Å². The van der Waals surface area contributed by atoms with E-state index in [1.165, 1.54) is 38.3 Å². The predicted octanol–water partition coefficient (Wildman–Crippen LogP) is 1.59. The highest BCUT2D eigenvalue weighted by Gasteiger charge is 2.29. The fourth-order valence-corrected chi connectivity index (χ4v) is 3.68. The predicted molar refractivity (Wildman–Crippen MR) is 103 cm³/mol. The van der Waals surface area contributed by atoms with Gasteiger partial charge in [-0.15, -0.1) is 0 Å². The standard InChI is InChI=1S/C18H21N3O5S/c1-12(18(23)20-14-6-4-13(5-7-14)17(19)22)21(27(3,24)25)15-8-10-16(26-2)11-9-15/h4-12H,1-3H3,(H2,19,22)(H,20,23). The number of methoxy groups -OCH3 is 1. The third-order valence-electron chi connectivity index (χ3n) is 3.85. The van der Waals surface area contributed by atoms with Gasteiger partial charge in [0, 0.05) is 11.3 Å². The van der Waals surface area contributed by atoms with Crippen LogP contribution in [0.4, 0.5) is 11.4 Å². The zero-order chi connectivity index (χ0) is 20.2. The SMILES string of the molecule is COc1ccc(N(C(C)C(=O)Nc2ccc(C(N)=O)cc2)S(C)(=O)=O)cc1. The van der Waals surface area contributed by atoms with E-state index in [1.54, 1.807) is 24.3 Å². The van der Waals surface area contributed by atoms with Gasteiger partial charge in [-0.25, -0.2) is 8.42 Å². The third-order valence-corrected chi connectivity index (χ3v) is 5.09. The van der Waals surface area contributed by atoms with E-state index in [2.05, 4.69) is 5.32 Å². The number of benzene rings is 2. The molecule has 144 valence electrons. The topological polar surface area (TPSA) is 119 Å². The van der Waals surface area contributed by atoms with E-state index < -0.39 is 27.9 Å². The molecule has 0 bridgehead atoms. The fourth-order valence-electron chi connectivity index (χ4n) is 2.50. The molecule has 0 spiro atoms. The molecule has 1 unspecified atom stereocenters. The molecule has 2 aromatic rings. The molecular weight excluding hydrogens is 370 g/mol. The van der Waals surface area contributed by atoms with E-state index in [9.17, 15) is 18.0 Å². The van der Waals surface area contributed by atoms with E-state index in [4.69, 9.17) is 10.5 Å². The van der Waals surface area contributed by atoms with Crippen LogP contribution in [-0.2, 0) is 14.8 Å². The molecule has 0 aliphatic heterocycles. The molecule has 0 aliphatic rings. The van der Waals surface area contributed by atoms with Crippen molar-refractivity contribution in [2.45, 2.75) is 13.0 Å². The highest BCUT2D eigenvalue weighted by Crippen LogP contribution is 2.24. The van der Waals surface area contributed by atoms with Gasteiger partial charge in [0.05, 0.1) is 19.1 Å². The zero-order valence-corrected chi connectivity index (χ0v) is 16.0. The Bertz CT molecular complexity index is 924. The number of hydrogen-bond donors (Lipinski definition) is 2. The number of primary amides is 1. The first kappa shape index (κ1) is 20.2. The summed E-state index contributed by atoms with van der Waals surface area (Å²) in [4.78, 5) is 23.7. The fraction of sp³-hybridized carbons (Fsp3) is 0.222. The Balaban J connectivity index is 2.24. The molecule has 8 nitrogen and oxygen atoms in total. The highest BCUT2D eigenvalue weighted by atomic mass is 32.2. The summed E-state index contributed by atoms with van der Waals surface area (Å²) in [5.74, 6) is -0.536. The Kier molecular flexibility index (Phi) is 6.06. The van der Waals surface area contributed by atoms with Crippen LogP contribution in [0.25, 0.3) is 0 Å². The van der Waals surface area contributed by atoms with Crippen LogP contribution < -0.4 is 20.1 Å². The number of nitrogens with two attached hydrogens (primary N) is 1. The van der Waals surface area contributed by atoms with Crippen LogP contribution in [0.3, 0.4) is 0 Å². The average molecular weight is 391 g/mol. The molecular formula is C18H21N3O5S. The highest BCUT2D eigenvalue weighted by molar-refractivity contribution is 7.92. The molecule has 0 saturated carbocycles. The van der Waals surface area contributed by atoms with E-state index in [0.717, 1.165) is 10.6 Å². The van der Waals surface area contributed by atoms with Crippen molar-refractivity contribution in [3.8, 4) is 5.75 Å². The molecule has 0 aliphatic carbocycles. The summed E-state index contributed by atoms with van der Waals surface area (Å²) in [5, 5.41) is 2.63. The lowest BCUT2D eigenvalue weighted by Crippen LogP contribution is -2.45. The molecule has 2 rings (SSSR count). The number of anilines is 2. The lowest BCUT2D eigenvalue weighted by Gasteiger charge is -2.28. The van der Waals surface area contributed by atoms with E-state index in [-0.39, 0.29) is 0 Å². The first-order chi connectivity index (χ1) is 12.6. The van der Waals surface area contributed by atoms with Gasteiger partial charge in [0.15, 0.2) is 0 Å². The molecule has 3 N–H and O–H groups in total. The van der Waals surface area contributed by atoms with Crippen molar-refractivity contribution in [1.82, 2.24) is 0 Å². The Hall–Kier alpha value is -3.07. The minimum absolute atomic E-state index is 0.303. The third kappa shape index (κ3) is 4.98. The molecule has 0 radical (unpaired) electrons. The van der Waals surface area contributed by atoms with Crippen LogP contribution >= 0.6 is 0 Å². The first-order valence-corrected chi connectivity index (χ1v) is 9.82. The molecule has 0 heterocycles. The Morgan fingerprint density at radius 3 is 2.07 bits per heavy atom. The smallest absolute Gasteiger partial charge is 0.248 e. The molecule has 2 aromatic carbocycles. The molecule has 0 aromatic heterocycles. The van der Waals surface area contributed by atoms with Crippen LogP contribution in [0.1, 0.15) is 17.3 Å². The Labute approximate surface area is 158 Å².